The van der Waals surface area contributed by atoms with Crippen LogP contribution in [0, 0.1) is 0 Å². The summed E-state index contributed by atoms with van der Waals surface area (Å²) in [6.45, 7) is 0.327. The van der Waals surface area contributed by atoms with Gasteiger partial charge in [-0.15, -0.1) is 0 Å². The maximum atomic E-state index is 11.2. The van der Waals surface area contributed by atoms with E-state index < -0.39 is 36.0 Å². The number of hydrogen-bond donors (Lipinski definition) is 3. The minimum Gasteiger partial charge on any atom is -0.480 e. The van der Waals surface area contributed by atoms with E-state index >= 15 is 0 Å². The lowest BCUT2D eigenvalue weighted by atomic mass is 10.1. The summed E-state index contributed by atoms with van der Waals surface area (Å²) in [5.74, 6) is -5.10. The number of carbonyl (C=O) groups excluding carboxylic acids is 2. The molecule has 4 N–H and O–H groups in total. The van der Waals surface area contributed by atoms with Crippen LogP contribution in [0.2, 0.25) is 0 Å². The fraction of sp³-hybridized carbons (Fsp3) is 0.455. The average molecular weight is 326 g/mol. The van der Waals surface area contributed by atoms with Crippen molar-refractivity contribution in [3.05, 3.63) is 12.2 Å². The highest BCUT2D eigenvalue weighted by Crippen LogP contribution is 2.14. The van der Waals surface area contributed by atoms with Crippen LogP contribution < -0.4 is 5.73 Å². The highest BCUT2D eigenvalue weighted by molar-refractivity contribution is 6.14. The summed E-state index contributed by atoms with van der Waals surface area (Å²) >= 11 is 0. The molecule has 0 aromatic rings. The van der Waals surface area contributed by atoms with Gasteiger partial charge in [0.15, 0.2) is 0 Å². The van der Waals surface area contributed by atoms with Crippen molar-refractivity contribution < 1.29 is 42.6 Å². The molecule has 0 aliphatic carbocycles. The molecule has 0 aromatic heterocycles. The predicted molar refractivity (Wildman–Crippen MR) is 64.4 cm³/mol. The minimum absolute atomic E-state index is 0.186. The number of carboxylic acids is 2. The van der Waals surface area contributed by atoms with Crippen molar-refractivity contribution in [3.8, 4) is 0 Å². The molecule has 1 aliphatic heterocycles. The van der Waals surface area contributed by atoms with Crippen LogP contribution in [-0.4, -0.2) is 57.6 Å². The zero-order chi connectivity index (χ0) is 17.5. The van der Waals surface area contributed by atoms with E-state index in [1.807, 2.05) is 0 Å². The molecule has 0 radical (unpaired) electrons. The Hall–Kier alpha value is -2.43. The van der Waals surface area contributed by atoms with Gasteiger partial charge in [-0.1, -0.05) is 0 Å². The van der Waals surface area contributed by atoms with E-state index in [2.05, 4.69) is 0 Å². The predicted octanol–water partition coefficient (Wildman–Crippen LogP) is -0.263. The monoisotopic (exact) mass is 326 g/mol. The van der Waals surface area contributed by atoms with Gasteiger partial charge in [-0.2, -0.15) is 13.2 Å². The van der Waals surface area contributed by atoms with Crippen LogP contribution >= 0.6 is 0 Å². The Bertz CT molecular complexity index is 471. The Labute approximate surface area is 122 Å². The van der Waals surface area contributed by atoms with Gasteiger partial charge in [-0.25, -0.2) is 9.59 Å². The van der Waals surface area contributed by atoms with Crippen LogP contribution in [0.5, 0.6) is 0 Å². The van der Waals surface area contributed by atoms with E-state index in [9.17, 15) is 27.6 Å². The second-order valence-corrected chi connectivity index (χ2v) is 3.97. The van der Waals surface area contributed by atoms with Crippen LogP contribution in [0.3, 0.4) is 0 Å². The standard InChI is InChI=1S/C9H12N2O4.C2HF3O2/c10-5-1-2-6(9(14)15)11-7(12)3-4-8(11)13;3-2(4,5)1(6)7/h3-4,6H,1-2,5,10H2,(H,14,15);(H,6,7)/t6-;/m1./s1. The molecule has 0 saturated heterocycles. The van der Waals surface area contributed by atoms with Gasteiger partial charge in [0, 0.05) is 12.2 Å². The molecule has 2 amide bonds. The normalized spacial score (nSPS) is 15.4. The summed E-state index contributed by atoms with van der Waals surface area (Å²) in [6.07, 6.45) is -2.31. The number of rotatable bonds is 5. The molecule has 0 unspecified atom stereocenters. The molecule has 1 heterocycles. The lowest BCUT2D eigenvalue weighted by Crippen LogP contribution is -2.45. The van der Waals surface area contributed by atoms with Crippen LogP contribution in [0.25, 0.3) is 0 Å². The Morgan fingerprint density at radius 1 is 1.18 bits per heavy atom. The molecule has 22 heavy (non-hydrogen) atoms. The summed E-state index contributed by atoms with van der Waals surface area (Å²) in [7, 11) is 0. The largest absolute Gasteiger partial charge is 0.490 e. The fourth-order valence-electron chi connectivity index (χ4n) is 1.39. The molecule has 0 spiro atoms. The van der Waals surface area contributed by atoms with E-state index in [0.29, 0.717) is 13.0 Å². The zero-order valence-electron chi connectivity index (χ0n) is 11.0. The molecule has 11 heteroatoms. The van der Waals surface area contributed by atoms with E-state index in [1.54, 1.807) is 0 Å². The SMILES string of the molecule is NCCC[C@H](C(=O)O)N1C(=O)C=CC1=O.O=C(O)C(F)(F)F. The van der Waals surface area contributed by atoms with Crippen LogP contribution in [-0.2, 0) is 19.2 Å². The number of aliphatic carboxylic acids is 2. The molecular weight excluding hydrogens is 313 g/mol. The van der Waals surface area contributed by atoms with E-state index in [0.717, 1.165) is 17.1 Å². The number of imide groups is 1. The first kappa shape index (κ1) is 19.6. The molecule has 0 bridgehead atoms. The second kappa shape index (κ2) is 8.12. The smallest absolute Gasteiger partial charge is 0.480 e. The van der Waals surface area contributed by atoms with Gasteiger partial charge < -0.3 is 15.9 Å². The average Bonchev–Trinajstić information content (AvgIpc) is 2.70. The molecule has 124 valence electrons. The summed E-state index contributed by atoms with van der Waals surface area (Å²) in [5.41, 5.74) is 5.25. The van der Waals surface area contributed by atoms with Crippen LogP contribution in [0.15, 0.2) is 12.2 Å². The number of alkyl halides is 3. The quantitative estimate of drug-likeness (QED) is 0.591. The molecule has 1 rings (SSSR count). The zero-order valence-corrected chi connectivity index (χ0v) is 11.0. The Kier molecular flexibility index (Phi) is 7.22. The molecular formula is C11H13F3N2O6. The van der Waals surface area contributed by atoms with Gasteiger partial charge in [-0.3, -0.25) is 14.5 Å². The molecule has 1 atom stereocenters. The van der Waals surface area contributed by atoms with Crippen molar-refractivity contribution in [3.63, 3.8) is 0 Å². The van der Waals surface area contributed by atoms with Crippen molar-refractivity contribution >= 4 is 23.8 Å². The summed E-state index contributed by atoms with van der Waals surface area (Å²) < 4.78 is 31.7. The minimum atomic E-state index is -5.08. The van der Waals surface area contributed by atoms with Crippen molar-refractivity contribution in [2.45, 2.75) is 25.1 Å². The second-order valence-electron chi connectivity index (χ2n) is 3.97. The Morgan fingerprint density at radius 3 is 1.86 bits per heavy atom. The number of amides is 2. The third-order valence-corrected chi connectivity index (χ3v) is 2.36. The number of hydrogen-bond acceptors (Lipinski definition) is 5. The fourth-order valence-corrected chi connectivity index (χ4v) is 1.39. The highest BCUT2D eigenvalue weighted by Gasteiger charge is 2.38. The van der Waals surface area contributed by atoms with Crippen LogP contribution in [0.4, 0.5) is 13.2 Å². The van der Waals surface area contributed by atoms with Crippen molar-refractivity contribution in [2.24, 2.45) is 5.73 Å². The summed E-state index contributed by atoms with van der Waals surface area (Å²) in [5, 5.41) is 16.0. The lowest BCUT2D eigenvalue weighted by molar-refractivity contribution is -0.192. The third-order valence-electron chi connectivity index (χ3n) is 2.36. The number of carboxylic acid groups (broad SMARTS) is 2. The third kappa shape index (κ3) is 5.91. The lowest BCUT2D eigenvalue weighted by Gasteiger charge is -2.21. The van der Waals surface area contributed by atoms with Gasteiger partial charge in [-0.05, 0) is 19.4 Å². The number of nitrogens with zero attached hydrogens (tertiary/aromatic N) is 1. The first-order chi connectivity index (χ1) is 10.0. The number of halogens is 3. The van der Waals surface area contributed by atoms with E-state index in [1.165, 1.54) is 0 Å². The molecule has 0 saturated carbocycles. The van der Waals surface area contributed by atoms with E-state index in [-0.39, 0.29) is 6.42 Å². The van der Waals surface area contributed by atoms with Crippen molar-refractivity contribution in [1.29, 1.82) is 0 Å². The maximum absolute atomic E-state index is 11.2. The molecule has 0 fully saturated rings. The summed E-state index contributed by atoms with van der Waals surface area (Å²) in [4.78, 5) is 42.9. The van der Waals surface area contributed by atoms with Crippen LogP contribution in [0.1, 0.15) is 12.8 Å². The molecule has 8 nitrogen and oxygen atoms in total. The summed E-state index contributed by atoms with van der Waals surface area (Å²) in [6, 6.07) is -1.11. The van der Waals surface area contributed by atoms with Gasteiger partial charge in [0.25, 0.3) is 11.8 Å². The van der Waals surface area contributed by atoms with Crippen molar-refractivity contribution in [1.82, 2.24) is 4.90 Å². The highest BCUT2D eigenvalue weighted by atomic mass is 19.4. The molecule has 0 aromatic carbocycles. The van der Waals surface area contributed by atoms with Gasteiger partial charge in [0.05, 0.1) is 0 Å². The maximum Gasteiger partial charge on any atom is 0.490 e. The first-order valence-corrected chi connectivity index (χ1v) is 5.80. The topological polar surface area (TPSA) is 138 Å². The Morgan fingerprint density at radius 2 is 1.59 bits per heavy atom. The molecule has 1 aliphatic rings. The number of carbonyl (C=O) groups is 4. The first-order valence-electron chi connectivity index (χ1n) is 5.80. The van der Waals surface area contributed by atoms with Gasteiger partial charge in [0.2, 0.25) is 0 Å². The van der Waals surface area contributed by atoms with E-state index in [4.69, 9.17) is 20.7 Å². The number of nitrogens with two attached hydrogens (primary N) is 1. The Balaban J connectivity index is 0.000000534. The van der Waals surface area contributed by atoms with Crippen molar-refractivity contribution in [2.75, 3.05) is 6.54 Å². The van der Waals surface area contributed by atoms with Gasteiger partial charge in [0.1, 0.15) is 6.04 Å². The van der Waals surface area contributed by atoms with Gasteiger partial charge >= 0.3 is 18.1 Å².